The fourth-order valence-corrected chi connectivity index (χ4v) is 5.85. The molecule has 1 atom stereocenters. The molecule has 6 rings (SSSR count). The van der Waals surface area contributed by atoms with E-state index in [1.54, 1.807) is 6.08 Å². The first-order valence-electron chi connectivity index (χ1n) is 14.4. The number of likely N-dealkylation sites (N-methyl/N-ethyl adjacent to an activating group) is 1. The average Bonchev–Trinajstić information content (AvgIpc) is 3.37. The van der Waals surface area contributed by atoms with Gasteiger partial charge in [-0.05, 0) is 62.6 Å². The molecule has 41 heavy (non-hydrogen) atoms. The summed E-state index contributed by atoms with van der Waals surface area (Å²) in [5.74, 6) is 1.74. The minimum Gasteiger partial charge on any atom is -0.457 e. The summed E-state index contributed by atoms with van der Waals surface area (Å²) in [7, 11) is 2.12. The number of fused-ring (bicyclic) bond motifs is 1. The molecule has 2 fully saturated rings. The zero-order valence-corrected chi connectivity index (χ0v) is 23.3. The van der Waals surface area contributed by atoms with Gasteiger partial charge in [-0.3, -0.25) is 14.5 Å². The predicted octanol–water partition coefficient (Wildman–Crippen LogP) is 4.97. The number of nitrogens with two attached hydrogens (primary N) is 1. The van der Waals surface area contributed by atoms with Gasteiger partial charge < -0.3 is 19.9 Å². The Hall–Kier alpha value is -4.37. The lowest BCUT2D eigenvalue weighted by molar-refractivity contribution is -0.127. The van der Waals surface area contributed by atoms with Crippen LogP contribution < -0.4 is 16.0 Å². The van der Waals surface area contributed by atoms with Crippen LogP contribution in [0.5, 0.6) is 11.5 Å². The first kappa shape index (κ1) is 26.8. The SMILES string of the molecule is CN(C/C=C/C(=O)N1CCC[C@@H](n2cc(-c3ccc(Oc4ccccc4)cc3)c3c(N)n[nH]c(=O)c32)C1)C1CCC1. The molecule has 9 nitrogen and oxygen atoms in total. The number of nitrogens with one attached hydrogen (secondary N) is 1. The van der Waals surface area contributed by atoms with E-state index in [1.165, 1.54) is 19.3 Å². The number of aromatic amines is 1. The van der Waals surface area contributed by atoms with Gasteiger partial charge in [0.15, 0.2) is 5.82 Å². The van der Waals surface area contributed by atoms with E-state index in [2.05, 4.69) is 22.1 Å². The van der Waals surface area contributed by atoms with E-state index in [4.69, 9.17) is 10.5 Å². The van der Waals surface area contributed by atoms with E-state index in [0.29, 0.717) is 35.8 Å². The summed E-state index contributed by atoms with van der Waals surface area (Å²) in [5.41, 5.74) is 8.24. The molecule has 1 aliphatic heterocycles. The van der Waals surface area contributed by atoms with Crippen LogP contribution in [-0.4, -0.2) is 63.2 Å². The van der Waals surface area contributed by atoms with Crippen molar-refractivity contribution in [2.24, 2.45) is 0 Å². The van der Waals surface area contributed by atoms with Gasteiger partial charge in [0.05, 0.1) is 11.4 Å². The van der Waals surface area contributed by atoms with Crippen molar-refractivity contribution in [3.05, 3.63) is 83.3 Å². The lowest BCUT2D eigenvalue weighted by Gasteiger charge is -2.34. The second-order valence-corrected chi connectivity index (χ2v) is 11.1. The number of nitrogen functional groups attached to an aromatic ring is 1. The molecular formula is C32H36N6O3. The van der Waals surface area contributed by atoms with Crippen LogP contribution in [-0.2, 0) is 4.79 Å². The van der Waals surface area contributed by atoms with Crippen LogP contribution in [0.25, 0.3) is 22.0 Å². The van der Waals surface area contributed by atoms with Crippen molar-refractivity contribution in [3.63, 3.8) is 0 Å². The number of carbonyl (C=O) groups is 1. The van der Waals surface area contributed by atoms with Crippen molar-refractivity contribution in [3.8, 4) is 22.6 Å². The number of piperidine rings is 1. The number of para-hydroxylation sites is 1. The Morgan fingerprint density at radius 2 is 1.85 bits per heavy atom. The van der Waals surface area contributed by atoms with Crippen LogP contribution in [0.4, 0.5) is 5.82 Å². The monoisotopic (exact) mass is 552 g/mol. The summed E-state index contributed by atoms with van der Waals surface area (Å²) in [6, 6.07) is 17.9. The van der Waals surface area contributed by atoms with Gasteiger partial charge in [0.2, 0.25) is 5.91 Å². The number of rotatable bonds is 8. The molecule has 0 radical (unpaired) electrons. The van der Waals surface area contributed by atoms with Crippen molar-refractivity contribution in [1.29, 1.82) is 0 Å². The second-order valence-electron chi connectivity index (χ2n) is 11.1. The Bertz CT molecular complexity index is 1600. The number of nitrogens with zero attached hydrogens (tertiary/aromatic N) is 4. The molecule has 9 heteroatoms. The Kier molecular flexibility index (Phi) is 7.61. The highest BCUT2D eigenvalue weighted by atomic mass is 16.5. The van der Waals surface area contributed by atoms with Crippen LogP contribution in [0.2, 0.25) is 0 Å². The fourth-order valence-electron chi connectivity index (χ4n) is 5.85. The third-order valence-electron chi connectivity index (χ3n) is 8.38. The molecule has 212 valence electrons. The largest absolute Gasteiger partial charge is 0.457 e. The lowest BCUT2D eigenvalue weighted by Crippen LogP contribution is -2.40. The quantitative estimate of drug-likeness (QED) is 0.299. The molecule has 3 N–H and O–H groups in total. The third-order valence-corrected chi connectivity index (χ3v) is 8.38. The zero-order chi connectivity index (χ0) is 28.3. The zero-order valence-electron chi connectivity index (χ0n) is 23.3. The molecule has 2 aromatic heterocycles. The van der Waals surface area contributed by atoms with Gasteiger partial charge in [-0.2, -0.15) is 5.10 Å². The standard InChI is InChI=1S/C32H36N6O3/c1-36(23-8-5-9-23)18-7-13-28(39)37-19-6-10-24(20-37)38-21-27(29-30(38)32(40)35-34-31(29)33)22-14-16-26(17-15-22)41-25-11-3-2-4-12-25/h2-4,7,11-17,21,23-24H,5-6,8-10,18-20H2,1H3,(H2,33,34)(H,35,40)/b13-7+/t24-/m1/s1. The van der Waals surface area contributed by atoms with Crippen molar-refractivity contribution in [2.45, 2.75) is 44.2 Å². The van der Waals surface area contributed by atoms with Crippen LogP contribution in [0, 0.1) is 0 Å². The molecule has 1 saturated heterocycles. The van der Waals surface area contributed by atoms with Crippen LogP contribution in [0.15, 0.2) is 77.7 Å². The summed E-state index contributed by atoms with van der Waals surface area (Å²) in [4.78, 5) is 30.4. The Morgan fingerprint density at radius 3 is 2.59 bits per heavy atom. The van der Waals surface area contributed by atoms with Crippen molar-refractivity contribution < 1.29 is 9.53 Å². The maximum absolute atomic E-state index is 13.1. The molecule has 4 aromatic rings. The molecule has 0 unspecified atom stereocenters. The van der Waals surface area contributed by atoms with Crippen molar-refractivity contribution in [2.75, 3.05) is 32.4 Å². The molecular weight excluding hydrogens is 516 g/mol. The molecule has 2 aliphatic rings. The fraction of sp³-hybridized carbons (Fsp3) is 0.344. The average molecular weight is 553 g/mol. The summed E-state index contributed by atoms with van der Waals surface area (Å²) in [6.07, 6.45) is 11.1. The molecule has 0 spiro atoms. The summed E-state index contributed by atoms with van der Waals surface area (Å²) in [6.45, 7) is 2.00. The minimum atomic E-state index is -0.299. The summed E-state index contributed by atoms with van der Waals surface area (Å²) in [5, 5.41) is 7.23. The number of benzene rings is 2. The molecule has 3 heterocycles. The number of H-pyrrole nitrogens is 1. The smallest absolute Gasteiger partial charge is 0.288 e. The van der Waals surface area contributed by atoms with E-state index in [1.807, 2.05) is 76.3 Å². The number of hydrogen-bond donors (Lipinski definition) is 2. The molecule has 2 aromatic carbocycles. The molecule has 1 aliphatic carbocycles. The first-order valence-corrected chi connectivity index (χ1v) is 14.4. The Labute approximate surface area is 239 Å². The van der Waals surface area contributed by atoms with E-state index < -0.39 is 0 Å². The van der Waals surface area contributed by atoms with E-state index in [0.717, 1.165) is 36.3 Å². The number of amides is 1. The maximum Gasteiger partial charge on any atom is 0.288 e. The predicted molar refractivity (Wildman–Crippen MR) is 161 cm³/mol. The van der Waals surface area contributed by atoms with Gasteiger partial charge in [0, 0.05) is 43.5 Å². The van der Waals surface area contributed by atoms with Crippen molar-refractivity contribution in [1.82, 2.24) is 24.6 Å². The number of ether oxygens (including phenoxy) is 1. The Morgan fingerprint density at radius 1 is 1.10 bits per heavy atom. The van der Waals surface area contributed by atoms with Gasteiger partial charge in [0.1, 0.15) is 17.0 Å². The van der Waals surface area contributed by atoms with Gasteiger partial charge in [-0.25, -0.2) is 5.10 Å². The number of carbonyl (C=O) groups excluding carboxylic acids is 1. The number of likely N-dealkylation sites (tertiary alicyclic amines) is 1. The number of hydrogen-bond acceptors (Lipinski definition) is 6. The van der Waals surface area contributed by atoms with E-state index in [9.17, 15) is 9.59 Å². The number of aromatic nitrogens is 3. The van der Waals surface area contributed by atoms with E-state index >= 15 is 0 Å². The second kappa shape index (κ2) is 11.6. The molecule has 1 amide bonds. The van der Waals surface area contributed by atoms with Gasteiger partial charge in [0.25, 0.3) is 5.56 Å². The minimum absolute atomic E-state index is 0.0116. The highest BCUT2D eigenvalue weighted by Crippen LogP contribution is 2.36. The van der Waals surface area contributed by atoms with Gasteiger partial charge in [-0.15, -0.1) is 0 Å². The van der Waals surface area contributed by atoms with Crippen LogP contribution in [0.1, 0.15) is 38.1 Å². The highest BCUT2D eigenvalue weighted by Gasteiger charge is 2.28. The van der Waals surface area contributed by atoms with Gasteiger partial charge >= 0.3 is 0 Å². The third kappa shape index (κ3) is 5.63. The van der Waals surface area contributed by atoms with Gasteiger partial charge in [-0.1, -0.05) is 42.8 Å². The molecule has 1 saturated carbocycles. The highest BCUT2D eigenvalue weighted by molar-refractivity contribution is 6.02. The summed E-state index contributed by atoms with van der Waals surface area (Å²) >= 11 is 0. The maximum atomic E-state index is 13.1. The lowest BCUT2D eigenvalue weighted by atomic mass is 9.92. The van der Waals surface area contributed by atoms with Crippen molar-refractivity contribution >= 4 is 22.6 Å². The molecule has 0 bridgehead atoms. The first-order chi connectivity index (χ1) is 20.0. The normalized spacial score (nSPS) is 17.8. The topological polar surface area (TPSA) is 109 Å². The summed E-state index contributed by atoms with van der Waals surface area (Å²) < 4.78 is 7.94. The Balaban J connectivity index is 1.24. The van der Waals surface area contributed by atoms with E-state index in [-0.39, 0.29) is 23.3 Å². The number of anilines is 1. The van der Waals surface area contributed by atoms with Crippen LogP contribution >= 0.6 is 0 Å². The van der Waals surface area contributed by atoms with Crippen LogP contribution in [0.3, 0.4) is 0 Å².